The number of furan rings is 2. The fourth-order valence-electron chi connectivity index (χ4n) is 4.19. The predicted molar refractivity (Wildman–Crippen MR) is 108 cm³/mol. The van der Waals surface area contributed by atoms with E-state index >= 15 is 0 Å². The Labute approximate surface area is 149 Å². The van der Waals surface area contributed by atoms with Crippen LogP contribution >= 0.6 is 0 Å². The van der Waals surface area contributed by atoms with Gasteiger partial charge in [0.2, 0.25) is 0 Å². The lowest BCUT2D eigenvalue weighted by atomic mass is 9.95. The van der Waals surface area contributed by atoms with Crippen LogP contribution in [0.5, 0.6) is 0 Å². The van der Waals surface area contributed by atoms with E-state index in [1.807, 2.05) is 6.07 Å². The Balaban J connectivity index is 1.79. The maximum atomic E-state index is 6.10. The highest BCUT2D eigenvalue weighted by molar-refractivity contribution is 6.23. The average molecular weight is 336 g/mol. The second-order valence-electron chi connectivity index (χ2n) is 6.87. The Morgan fingerprint density at radius 2 is 1.19 bits per heavy atom. The minimum Gasteiger partial charge on any atom is -0.464 e. The van der Waals surface area contributed by atoms with Gasteiger partial charge in [-0.1, -0.05) is 43.3 Å². The van der Waals surface area contributed by atoms with Crippen LogP contribution < -0.4 is 0 Å². The zero-order valence-corrected chi connectivity index (χ0v) is 14.4. The van der Waals surface area contributed by atoms with Crippen molar-refractivity contribution in [2.24, 2.45) is 0 Å². The number of fused-ring (bicyclic) bond motifs is 9. The van der Waals surface area contributed by atoms with E-state index < -0.39 is 0 Å². The number of hydrogen-bond donors (Lipinski definition) is 0. The molecule has 0 saturated heterocycles. The molecule has 0 aliphatic heterocycles. The van der Waals surface area contributed by atoms with Gasteiger partial charge in [-0.05, 0) is 45.8 Å². The third-order valence-electron chi connectivity index (χ3n) is 5.49. The van der Waals surface area contributed by atoms with Crippen molar-refractivity contribution in [3.8, 4) is 0 Å². The van der Waals surface area contributed by atoms with Gasteiger partial charge in [-0.15, -0.1) is 0 Å². The Hall–Kier alpha value is -3.26. The van der Waals surface area contributed by atoms with Crippen LogP contribution in [0.1, 0.15) is 12.7 Å². The van der Waals surface area contributed by atoms with E-state index in [-0.39, 0.29) is 0 Å². The van der Waals surface area contributed by atoms with Gasteiger partial charge in [0, 0.05) is 28.0 Å². The Bertz CT molecular complexity index is 1460. The molecule has 2 nitrogen and oxygen atoms in total. The number of hydrogen-bond acceptors (Lipinski definition) is 2. The molecule has 0 bridgehead atoms. The molecule has 0 saturated carbocycles. The summed E-state index contributed by atoms with van der Waals surface area (Å²) in [6, 6.07) is 21.6. The highest BCUT2D eigenvalue weighted by atomic mass is 16.3. The quantitative estimate of drug-likeness (QED) is 0.297. The summed E-state index contributed by atoms with van der Waals surface area (Å²) in [5.41, 5.74) is 1.95. The third-order valence-corrected chi connectivity index (χ3v) is 5.49. The second kappa shape index (κ2) is 4.89. The molecule has 0 radical (unpaired) electrons. The first-order chi connectivity index (χ1) is 12.8. The SMILES string of the molecule is CCc1cc2ccc3c4ccc5c(ccc6ccoc65)c4ccc3c2o1. The van der Waals surface area contributed by atoms with Gasteiger partial charge in [-0.2, -0.15) is 0 Å². The van der Waals surface area contributed by atoms with Crippen molar-refractivity contribution in [1.82, 2.24) is 0 Å². The van der Waals surface area contributed by atoms with Gasteiger partial charge in [0.15, 0.2) is 0 Å². The van der Waals surface area contributed by atoms with Crippen LogP contribution in [0.15, 0.2) is 75.8 Å². The van der Waals surface area contributed by atoms with Crippen molar-refractivity contribution in [2.75, 3.05) is 0 Å². The van der Waals surface area contributed by atoms with Crippen molar-refractivity contribution in [1.29, 1.82) is 0 Å². The van der Waals surface area contributed by atoms with Gasteiger partial charge < -0.3 is 8.83 Å². The summed E-state index contributed by atoms with van der Waals surface area (Å²) in [6.45, 7) is 2.12. The summed E-state index contributed by atoms with van der Waals surface area (Å²) in [4.78, 5) is 0. The largest absolute Gasteiger partial charge is 0.464 e. The summed E-state index contributed by atoms with van der Waals surface area (Å²) in [5, 5.41) is 9.59. The van der Waals surface area contributed by atoms with Crippen molar-refractivity contribution >= 4 is 54.3 Å². The number of benzene rings is 4. The maximum Gasteiger partial charge on any atom is 0.142 e. The zero-order valence-electron chi connectivity index (χ0n) is 14.4. The van der Waals surface area contributed by atoms with E-state index in [1.165, 1.54) is 32.3 Å². The van der Waals surface area contributed by atoms with Crippen molar-refractivity contribution in [3.05, 3.63) is 72.7 Å². The minimum atomic E-state index is 0.910. The molecule has 2 heterocycles. The monoisotopic (exact) mass is 336 g/mol. The molecule has 0 unspecified atom stereocenters. The molecule has 0 aliphatic rings. The van der Waals surface area contributed by atoms with Crippen molar-refractivity contribution < 1.29 is 8.83 Å². The van der Waals surface area contributed by atoms with Crippen molar-refractivity contribution in [3.63, 3.8) is 0 Å². The van der Waals surface area contributed by atoms with Crippen LogP contribution in [-0.2, 0) is 6.42 Å². The van der Waals surface area contributed by atoms with Crippen LogP contribution in [0, 0.1) is 0 Å². The first kappa shape index (κ1) is 14.0. The fraction of sp³-hybridized carbons (Fsp3) is 0.0833. The highest BCUT2D eigenvalue weighted by Gasteiger charge is 2.12. The molecular formula is C24H16O2. The normalized spacial score (nSPS) is 12.2. The summed E-state index contributed by atoms with van der Waals surface area (Å²) in [6.07, 6.45) is 2.67. The van der Waals surface area contributed by atoms with Gasteiger partial charge >= 0.3 is 0 Å². The maximum absolute atomic E-state index is 6.10. The van der Waals surface area contributed by atoms with Crippen LogP contribution in [-0.4, -0.2) is 0 Å². The van der Waals surface area contributed by atoms with Crippen LogP contribution in [0.3, 0.4) is 0 Å². The first-order valence-electron chi connectivity index (χ1n) is 9.00. The lowest BCUT2D eigenvalue weighted by molar-refractivity contribution is 0.560. The molecule has 0 atom stereocenters. The molecule has 6 rings (SSSR count). The molecule has 2 aromatic heterocycles. The average Bonchev–Trinajstić information content (AvgIpc) is 3.33. The molecule has 26 heavy (non-hydrogen) atoms. The number of rotatable bonds is 1. The standard InChI is InChI=1S/C24H16O2/c1-2-16-13-15-4-6-20-18-7-9-21-19(5-3-14-11-12-25-23(14)21)17(18)8-10-22(20)24(15)26-16/h3-13H,2H2,1H3. The summed E-state index contributed by atoms with van der Waals surface area (Å²) in [5.74, 6) is 1.03. The van der Waals surface area contributed by atoms with Gasteiger partial charge in [0.1, 0.15) is 16.9 Å². The van der Waals surface area contributed by atoms with E-state index in [1.54, 1.807) is 6.26 Å². The molecule has 124 valence electrons. The Kier molecular flexibility index (Phi) is 2.63. The van der Waals surface area contributed by atoms with Crippen LogP contribution in [0.25, 0.3) is 54.3 Å². The highest BCUT2D eigenvalue weighted by Crippen LogP contribution is 2.37. The topological polar surface area (TPSA) is 26.3 Å². The van der Waals surface area contributed by atoms with Gasteiger partial charge in [0.05, 0.1) is 6.26 Å². The van der Waals surface area contributed by atoms with Gasteiger partial charge in [0.25, 0.3) is 0 Å². The Morgan fingerprint density at radius 1 is 0.615 bits per heavy atom. The predicted octanol–water partition coefficient (Wildman–Crippen LogP) is 7.20. The zero-order chi connectivity index (χ0) is 17.3. The molecule has 0 spiro atoms. The van der Waals surface area contributed by atoms with Gasteiger partial charge in [-0.25, -0.2) is 0 Å². The summed E-state index contributed by atoms with van der Waals surface area (Å²) in [7, 11) is 0. The van der Waals surface area contributed by atoms with Crippen LogP contribution in [0.2, 0.25) is 0 Å². The molecule has 4 aromatic carbocycles. The Morgan fingerprint density at radius 3 is 1.92 bits per heavy atom. The van der Waals surface area contributed by atoms with Crippen molar-refractivity contribution in [2.45, 2.75) is 13.3 Å². The summed E-state index contributed by atoms with van der Waals surface area (Å²) < 4.78 is 11.8. The fourth-order valence-corrected chi connectivity index (χ4v) is 4.19. The third kappa shape index (κ3) is 1.71. The van der Waals surface area contributed by atoms with E-state index in [4.69, 9.17) is 8.83 Å². The lowest BCUT2D eigenvalue weighted by Gasteiger charge is -2.08. The lowest BCUT2D eigenvalue weighted by Crippen LogP contribution is -1.82. The van der Waals surface area contributed by atoms with E-state index in [9.17, 15) is 0 Å². The molecule has 0 N–H and O–H groups in total. The second-order valence-corrected chi connectivity index (χ2v) is 6.87. The van der Waals surface area contributed by atoms with Crippen LogP contribution in [0.4, 0.5) is 0 Å². The molecule has 0 amide bonds. The molecule has 2 heteroatoms. The smallest absolute Gasteiger partial charge is 0.142 e. The van der Waals surface area contributed by atoms with Gasteiger partial charge in [-0.3, -0.25) is 0 Å². The minimum absolute atomic E-state index is 0.910. The first-order valence-corrected chi connectivity index (χ1v) is 9.00. The molecule has 0 fully saturated rings. The summed E-state index contributed by atoms with van der Waals surface area (Å²) >= 11 is 0. The molecular weight excluding hydrogens is 320 g/mol. The van der Waals surface area contributed by atoms with E-state index in [0.717, 1.165) is 34.1 Å². The number of aryl methyl sites for hydroxylation is 1. The molecule has 0 aliphatic carbocycles. The van der Waals surface area contributed by atoms with E-state index in [0.29, 0.717) is 0 Å². The molecule has 6 aromatic rings. The van der Waals surface area contributed by atoms with E-state index in [2.05, 4.69) is 61.5 Å².